The molecule has 90 valence electrons. The van der Waals surface area contributed by atoms with Gasteiger partial charge in [0.2, 0.25) is 0 Å². The summed E-state index contributed by atoms with van der Waals surface area (Å²) in [7, 11) is 0. The van der Waals surface area contributed by atoms with Gasteiger partial charge in [-0.15, -0.1) is 0 Å². The molecule has 1 heterocycles. The third-order valence-electron chi connectivity index (χ3n) is 1.87. The molecule has 4 N–H and O–H groups in total. The molecule has 0 unspecified atom stereocenters. The summed E-state index contributed by atoms with van der Waals surface area (Å²) in [6, 6.07) is 0.828. The first-order valence-electron chi connectivity index (χ1n) is 4.62. The monoisotopic (exact) mass is 235 g/mol. The van der Waals surface area contributed by atoms with Crippen molar-refractivity contribution in [1.29, 1.82) is 0 Å². The number of nitrogens with two attached hydrogens (primary N) is 1. The zero-order valence-corrected chi connectivity index (χ0v) is 8.38. The van der Waals surface area contributed by atoms with Gasteiger partial charge in [-0.25, -0.2) is 4.98 Å². The summed E-state index contributed by atoms with van der Waals surface area (Å²) in [6.45, 7) is 0.395. The van der Waals surface area contributed by atoms with Crippen LogP contribution in [0.25, 0.3) is 0 Å². The Morgan fingerprint density at radius 1 is 1.44 bits per heavy atom. The molecule has 0 bridgehead atoms. The minimum Gasteiger partial charge on any atom is -0.396 e. The normalized spacial score (nSPS) is 11.5. The standard InChI is InChI=1S/C9H12F3N3O/c10-9(11,12)6-4-7(13)8(15-5-6)14-2-1-3-16/h4-5,16H,1-3,13H2,(H,14,15). The van der Waals surface area contributed by atoms with Gasteiger partial charge in [0.1, 0.15) is 5.82 Å². The number of aliphatic hydroxyl groups is 1. The van der Waals surface area contributed by atoms with E-state index in [1.54, 1.807) is 0 Å². The van der Waals surface area contributed by atoms with E-state index in [1.807, 2.05) is 0 Å². The van der Waals surface area contributed by atoms with Crippen molar-refractivity contribution in [3.63, 3.8) is 0 Å². The molecule has 0 fully saturated rings. The van der Waals surface area contributed by atoms with Crippen molar-refractivity contribution in [1.82, 2.24) is 4.98 Å². The van der Waals surface area contributed by atoms with Crippen LogP contribution in [-0.4, -0.2) is 23.2 Å². The lowest BCUT2D eigenvalue weighted by atomic mass is 10.2. The molecule has 4 nitrogen and oxygen atoms in total. The number of alkyl halides is 3. The first-order chi connectivity index (χ1) is 7.45. The number of hydrogen-bond donors (Lipinski definition) is 3. The highest BCUT2D eigenvalue weighted by Gasteiger charge is 2.31. The predicted molar refractivity (Wildman–Crippen MR) is 53.8 cm³/mol. The Balaban J connectivity index is 2.76. The molecule has 1 aromatic rings. The maximum absolute atomic E-state index is 12.3. The van der Waals surface area contributed by atoms with E-state index in [2.05, 4.69) is 10.3 Å². The van der Waals surface area contributed by atoms with E-state index in [1.165, 1.54) is 0 Å². The molecule has 0 aliphatic heterocycles. The predicted octanol–water partition coefficient (Wildman–Crippen LogP) is 1.48. The van der Waals surface area contributed by atoms with E-state index in [0.29, 0.717) is 13.0 Å². The van der Waals surface area contributed by atoms with Crippen LogP contribution in [-0.2, 0) is 6.18 Å². The van der Waals surface area contributed by atoms with Gasteiger partial charge in [0.05, 0.1) is 11.3 Å². The van der Waals surface area contributed by atoms with Gasteiger partial charge in [-0.1, -0.05) is 0 Å². The second kappa shape index (κ2) is 5.02. The summed E-state index contributed by atoms with van der Waals surface area (Å²) in [6.07, 6.45) is -3.25. The van der Waals surface area contributed by atoms with E-state index in [0.717, 1.165) is 12.3 Å². The molecule has 0 saturated heterocycles. The molecule has 1 aromatic heterocycles. The molecule has 0 saturated carbocycles. The minimum absolute atomic E-state index is 0.00641. The number of pyridine rings is 1. The topological polar surface area (TPSA) is 71.2 Å². The molecule has 0 amide bonds. The minimum atomic E-state index is -4.44. The molecule has 7 heteroatoms. The lowest BCUT2D eigenvalue weighted by Crippen LogP contribution is -2.11. The molecule has 0 aliphatic carbocycles. The van der Waals surface area contributed by atoms with Crippen LogP contribution in [0.15, 0.2) is 12.3 Å². The second-order valence-electron chi connectivity index (χ2n) is 3.16. The molecular formula is C9H12F3N3O. The van der Waals surface area contributed by atoms with Crippen molar-refractivity contribution in [2.45, 2.75) is 12.6 Å². The lowest BCUT2D eigenvalue weighted by Gasteiger charge is -2.11. The fraction of sp³-hybridized carbons (Fsp3) is 0.444. The highest BCUT2D eigenvalue weighted by Crippen LogP contribution is 2.31. The summed E-state index contributed by atoms with van der Waals surface area (Å²) in [4.78, 5) is 3.58. The van der Waals surface area contributed by atoms with Gasteiger partial charge in [0, 0.05) is 19.3 Å². The number of hydrogen-bond acceptors (Lipinski definition) is 4. The van der Waals surface area contributed by atoms with Crippen molar-refractivity contribution in [3.8, 4) is 0 Å². The molecule has 0 aromatic carbocycles. The molecule has 16 heavy (non-hydrogen) atoms. The Morgan fingerprint density at radius 2 is 2.12 bits per heavy atom. The Hall–Kier alpha value is -1.50. The number of rotatable bonds is 4. The molecule has 0 spiro atoms. The Labute approximate surface area is 90.3 Å². The Morgan fingerprint density at radius 3 is 2.62 bits per heavy atom. The van der Waals surface area contributed by atoms with Crippen LogP contribution < -0.4 is 11.1 Å². The SMILES string of the molecule is Nc1cc(C(F)(F)F)cnc1NCCCO. The molecule has 0 radical (unpaired) electrons. The number of nitrogens with one attached hydrogen (secondary N) is 1. The summed E-state index contributed by atoms with van der Waals surface area (Å²) in [5.74, 6) is 0.196. The Kier molecular flexibility index (Phi) is 3.94. The summed E-state index contributed by atoms with van der Waals surface area (Å²) in [5.41, 5.74) is 4.47. The zero-order valence-electron chi connectivity index (χ0n) is 8.38. The number of aliphatic hydroxyl groups excluding tert-OH is 1. The highest BCUT2D eigenvalue weighted by molar-refractivity contribution is 5.61. The van der Waals surface area contributed by atoms with Crippen molar-refractivity contribution in [3.05, 3.63) is 17.8 Å². The van der Waals surface area contributed by atoms with E-state index >= 15 is 0 Å². The van der Waals surface area contributed by atoms with Crippen molar-refractivity contribution in [2.75, 3.05) is 24.2 Å². The Bertz CT molecular complexity index is 354. The van der Waals surface area contributed by atoms with E-state index in [-0.39, 0.29) is 18.1 Å². The van der Waals surface area contributed by atoms with Gasteiger partial charge in [0.15, 0.2) is 0 Å². The molecule has 1 rings (SSSR count). The fourth-order valence-electron chi connectivity index (χ4n) is 1.07. The third kappa shape index (κ3) is 3.27. The van der Waals surface area contributed by atoms with Crippen LogP contribution in [0.3, 0.4) is 0 Å². The van der Waals surface area contributed by atoms with Gasteiger partial charge in [-0.05, 0) is 12.5 Å². The quantitative estimate of drug-likeness (QED) is 0.691. The van der Waals surface area contributed by atoms with Gasteiger partial charge in [-0.3, -0.25) is 0 Å². The fourth-order valence-corrected chi connectivity index (χ4v) is 1.07. The maximum atomic E-state index is 12.3. The highest BCUT2D eigenvalue weighted by atomic mass is 19.4. The number of anilines is 2. The van der Waals surface area contributed by atoms with Crippen molar-refractivity contribution < 1.29 is 18.3 Å². The van der Waals surface area contributed by atoms with E-state index in [4.69, 9.17) is 10.8 Å². The first kappa shape index (κ1) is 12.6. The van der Waals surface area contributed by atoms with Crippen LogP contribution in [0.5, 0.6) is 0 Å². The van der Waals surface area contributed by atoms with Crippen LogP contribution in [0.4, 0.5) is 24.7 Å². The average molecular weight is 235 g/mol. The van der Waals surface area contributed by atoms with Crippen LogP contribution in [0.2, 0.25) is 0 Å². The van der Waals surface area contributed by atoms with Gasteiger partial charge in [0.25, 0.3) is 0 Å². The average Bonchev–Trinajstić information content (AvgIpc) is 2.19. The number of nitrogens with zero attached hydrogens (tertiary/aromatic N) is 1. The number of halogens is 3. The summed E-state index contributed by atoms with van der Waals surface area (Å²) >= 11 is 0. The summed E-state index contributed by atoms with van der Waals surface area (Å²) in [5, 5.41) is 11.3. The van der Waals surface area contributed by atoms with Gasteiger partial charge >= 0.3 is 6.18 Å². The molecule has 0 atom stereocenters. The van der Waals surface area contributed by atoms with E-state index < -0.39 is 11.7 Å². The van der Waals surface area contributed by atoms with Crippen LogP contribution >= 0.6 is 0 Å². The third-order valence-corrected chi connectivity index (χ3v) is 1.87. The first-order valence-corrected chi connectivity index (χ1v) is 4.62. The van der Waals surface area contributed by atoms with Gasteiger partial charge in [-0.2, -0.15) is 13.2 Å². The largest absolute Gasteiger partial charge is 0.417 e. The number of nitrogen functional groups attached to an aromatic ring is 1. The van der Waals surface area contributed by atoms with Gasteiger partial charge < -0.3 is 16.2 Å². The van der Waals surface area contributed by atoms with Crippen LogP contribution in [0, 0.1) is 0 Å². The van der Waals surface area contributed by atoms with E-state index in [9.17, 15) is 13.2 Å². The maximum Gasteiger partial charge on any atom is 0.417 e. The molecular weight excluding hydrogens is 223 g/mol. The lowest BCUT2D eigenvalue weighted by molar-refractivity contribution is -0.137. The van der Waals surface area contributed by atoms with Crippen LogP contribution in [0.1, 0.15) is 12.0 Å². The molecule has 0 aliphatic rings. The smallest absolute Gasteiger partial charge is 0.396 e. The van der Waals surface area contributed by atoms with Crippen molar-refractivity contribution in [2.24, 2.45) is 0 Å². The van der Waals surface area contributed by atoms with Crippen molar-refractivity contribution >= 4 is 11.5 Å². The second-order valence-corrected chi connectivity index (χ2v) is 3.16. The number of aromatic nitrogens is 1. The summed E-state index contributed by atoms with van der Waals surface area (Å²) < 4.78 is 36.8. The zero-order chi connectivity index (χ0) is 12.2.